The monoisotopic (exact) mass is 469 g/mol. The first kappa shape index (κ1) is 19.8. The maximum atomic E-state index is 12.5. The molecule has 3 aromatic rings. The smallest absolute Gasteiger partial charge is 0.253 e. The van der Waals surface area contributed by atoms with E-state index in [1.807, 2.05) is 34.5 Å². The Hall–Kier alpha value is -2.51. The zero-order valence-electron chi connectivity index (χ0n) is 15.7. The number of amides is 2. The first-order chi connectivity index (χ1) is 14.1. The second-order valence-electron chi connectivity index (χ2n) is 6.96. The van der Waals surface area contributed by atoms with Crippen LogP contribution < -0.4 is 5.32 Å². The Balaban J connectivity index is 1.40. The van der Waals surface area contributed by atoms with Crippen molar-refractivity contribution in [1.82, 2.24) is 9.88 Å². The molecule has 0 aliphatic carbocycles. The molecule has 0 atom stereocenters. The van der Waals surface area contributed by atoms with Crippen LogP contribution in [0, 0.1) is 0 Å². The highest BCUT2D eigenvalue weighted by molar-refractivity contribution is 9.10. The summed E-state index contributed by atoms with van der Waals surface area (Å²) in [6.07, 6.45) is 2.30. The van der Waals surface area contributed by atoms with Gasteiger partial charge in [-0.25, -0.2) is 4.98 Å². The van der Waals surface area contributed by atoms with Crippen LogP contribution >= 0.6 is 27.3 Å². The van der Waals surface area contributed by atoms with Crippen LogP contribution in [0.15, 0.2) is 58.4 Å². The lowest BCUT2D eigenvalue weighted by Gasteiger charge is -2.15. The average Bonchev–Trinajstić information content (AvgIpc) is 3.40. The van der Waals surface area contributed by atoms with Crippen molar-refractivity contribution in [2.75, 3.05) is 18.4 Å². The van der Waals surface area contributed by atoms with Crippen LogP contribution in [0.4, 0.5) is 5.69 Å². The maximum absolute atomic E-state index is 12.5. The van der Waals surface area contributed by atoms with E-state index in [1.165, 1.54) is 11.3 Å². The van der Waals surface area contributed by atoms with E-state index in [9.17, 15) is 9.59 Å². The fraction of sp³-hybridized carbons (Fsp3) is 0.227. The molecular weight excluding hydrogens is 450 g/mol. The van der Waals surface area contributed by atoms with Gasteiger partial charge in [-0.3, -0.25) is 9.59 Å². The predicted molar refractivity (Wildman–Crippen MR) is 119 cm³/mol. The summed E-state index contributed by atoms with van der Waals surface area (Å²) in [7, 11) is 0. The Bertz CT molecular complexity index is 1040. The molecule has 1 fully saturated rings. The normalized spacial score (nSPS) is 13.5. The Morgan fingerprint density at radius 1 is 1.10 bits per heavy atom. The Morgan fingerprint density at radius 2 is 1.90 bits per heavy atom. The van der Waals surface area contributed by atoms with Crippen molar-refractivity contribution in [2.45, 2.75) is 19.3 Å². The first-order valence-corrected chi connectivity index (χ1v) is 11.2. The van der Waals surface area contributed by atoms with Gasteiger partial charge in [-0.2, -0.15) is 0 Å². The van der Waals surface area contributed by atoms with Gasteiger partial charge in [-0.1, -0.05) is 34.1 Å². The molecule has 0 saturated carbocycles. The molecule has 1 aliphatic rings. The van der Waals surface area contributed by atoms with Crippen molar-refractivity contribution < 1.29 is 9.59 Å². The van der Waals surface area contributed by atoms with E-state index in [0.29, 0.717) is 11.3 Å². The largest absolute Gasteiger partial charge is 0.339 e. The van der Waals surface area contributed by atoms with Gasteiger partial charge in [-0.05, 0) is 43.2 Å². The topological polar surface area (TPSA) is 62.3 Å². The number of carbonyl (C=O) groups is 2. The number of anilines is 1. The van der Waals surface area contributed by atoms with Crippen LogP contribution in [0.3, 0.4) is 0 Å². The van der Waals surface area contributed by atoms with Gasteiger partial charge in [0.15, 0.2) is 0 Å². The molecule has 1 aromatic heterocycles. The van der Waals surface area contributed by atoms with Crippen LogP contribution in [-0.4, -0.2) is 34.8 Å². The summed E-state index contributed by atoms with van der Waals surface area (Å²) >= 11 is 4.98. The fourth-order valence-corrected chi connectivity index (χ4v) is 4.56. The summed E-state index contributed by atoms with van der Waals surface area (Å²) in [5, 5.41) is 5.67. The van der Waals surface area contributed by atoms with Crippen LogP contribution in [-0.2, 0) is 11.2 Å². The zero-order chi connectivity index (χ0) is 20.2. The van der Waals surface area contributed by atoms with Crippen molar-refractivity contribution in [3.05, 3.63) is 69.6 Å². The lowest BCUT2D eigenvalue weighted by atomic mass is 10.1. The SMILES string of the molecule is O=C(Cc1csc(-c2cccc(Br)c2)n1)Nc1cccc(C(=O)N2CCCC2)c1. The minimum absolute atomic E-state index is 0.0248. The molecular formula is C22H20BrN3O2S. The van der Waals surface area contributed by atoms with Crippen LogP contribution in [0.2, 0.25) is 0 Å². The van der Waals surface area contributed by atoms with Gasteiger partial charge in [0.2, 0.25) is 5.91 Å². The number of aromatic nitrogens is 1. The van der Waals surface area contributed by atoms with E-state index in [4.69, 9.17) is 0 Å². The molecule has 0 unspecified atom stereocenters. The number of halogens is 1. The highest BCUT2D eigenvalue weighted by atomic mass is 79.9. The van der Waals surface area contributed by atoms with Gasteiger partial charge < -0.3 is 10.2 Å². The second kappa shape index (κ2) is 8.88. The molecule has 0 radical (unpaired) electrons. The molecule has 7 heteroatoms. The molecule has 0 bridgehead atoms. The molecule has 1 N–H and O–H groups in total. The number of benzene rings is 2. The van der Waals surface area contributed by atoms with Gasteiger partial charge in [-0.15, -0.1) is 11.3 Å². The predicted octanol–water partition coefficient (Wildman–Crippen LogP) is 4.99. The quantitative estimate of drug-likeness (QED) is 0.572. The average molecular weight is 470 g/mol. The molecule has 148 valence electrons. The van der Waals surface area contributed by atoms with Crippen LogP contribution in [0.1, 0.15) is 28.9 Å². The Morgan fingerprint density at radius 3 is 2.69 bits per heavy atom. The molecule has 1 saturated heterocycles. The number of hydrogen-bond acceptors (Lipinski definition) is 4. The van der Waals surface area contributed by atoms with E-state index in [-0.39, 0.29) is 18.2 Å². The van der Waals surface area contributed by atoms with Crippen molar-refractivity contribution >= 4 is 44.8 Å². The van der Waals surface area contributed by atoms with Crippen molar-refractivity contribution in [1.29, 1.82) is 0 Å². The Kier molecular flexibility index (Phi) is 6.06. The molecule has 2 aromatic carbocycles. The minimum atomic E-state index is -0.151. The zero-order valence-corrected chi connectivity index (χ0v) is 18.1. The summed E-state index contributed by atoms with van der Waals surface area (Å²) in [5.74, 6) is -0.126. The molecule has 1 aliphatic heterocycles. The van der Waals surface area contributed by atoms with Gasteiger partial charge in [0.05, 0.1) is 12.1 Å². The third-order valence-electron chi connectivity index (χ3n) is 4.75. The molecule has 29 heavy (non-hydrogen) atoms. The van der Waals surface area contributed by atoms with E-state index >= 15 is 0 Å². The van der Waals surface area contributed by atoms with E-state index in [2.05, 4.69) is 26.2 Å². The summed E-state index contributed by atoms with van der Waals surface area (Å²) in [6.45, 7) is 1.61. The standard InChI is InChI=1S/C22H20BrN3O2S/c23-17-7-3-5-15(11-17)21-25-19(14-29-21)13-20(27)24-18-8-4-6-16(12-18)22(28)26-9-1-2-10-26/h3-8,11-12,14H,1-2,9-10,13H2,(H,24,27). The van der Waals surface area contributed by atoms with Crippen LogP contribution in [0.5, 0.6) is 0 Å². The van der Waals surface area contributed by atoms with Crippen molar-refractivity contribution in [3.8, 4) is 10.6 Å². The number of likely N-dealkylation sites (tertiary alicyclic amines) is 1. The molecule has 2 amide bonds. The first-order valence-electron chi connectivity index (χ1n) is 9.48. The minimum Gasteiger partial charge on any atom is -0.339 e. The number of nitrogens with zero attached hydrogens (tertiary/aromatic N) is 2. The number of rotatable bonds is 5. The fourth-order valence-electron chi connectivity index (χ4n) is 3.34. The van der Waals surface area contributed by atoms with E-state index in [0.717, 1.165) is 46.7 Å². The lowest BCUT2D eigenvalue weighted by Crippen LogP contribution is -2.27. The van der Waals surface area contributed by atoms with Crippen LogP contribution in [0.25, 0.3) is 10.6 Å². The Labute approximate surface area is 181 Å². The van der Waals surface area contributed by atoms with E-state index in [1.54, 1.807) is 24.3 Å². The number of hydrogen-bond donors (Lipinski definition) is 1. The number of carbonyl (C=O) groups excluding carboxylic acids is 2. The third-order valence-corrected chi connectivity index (χ3v) is 6.18. The lowest BCUT2D eigenvalue weighted by molar-refractivity contribution is -0.115. The summed E-state index contributed by atoms with van der Waals surface area (Å²) in [5.41, 5.74) is 2.98. The van der Waals surface area contributed by atoms with Gasteiger partial charge in [0.25, 0.3) is 5.91 Å². The van der Waals surface area contributed by atoms with Crippen molar-refractivity contribution in [3.63, 3.8) is 0 Å². The second-order valence-corrected chi connectivity index (χ2v) is 8.73. The van der Waals surface area contributed by atoms with Gasteiger partial charge >= 0.3 is 0 Å². The summed E-state index contributed by atoms with van der Waals surface area (Å²) in [4.78, 5) is 31.4. The highest BCUT2D eigenvalue weighted by Gasteiger charge is 2.19. The number of nitrogens with one attached hydrogen (secondary N) is 1. The molecule has 2 heterocycles. The van der Waals surface area contributed by atoms with Crippen molar-refractivity contribution in [2.24, 2.45) is 0 Å². The molecule has 0 spiro atoms. The van der Waals surface area contributed by atoms with Gasteiger partial charge in [0.1, 0.15) is 5.01 Å². The summed E-state index contributed by atoms with van der Waals surface area (Å²) < 4.78 is 0.993. The summed E-state index contributed by atoms with van der Waals surface area (Å²) in [6, 6.07) is 15.1. The van der Waals surface area contributed by atoms with E-state index < -0.39 is 0 Å². The maximum Gasteiger partial charge on any atom is 0.253 e. The molecule has 5 nitrogen and oxygen atoms in total. The molecule has 4 rings (SSSR count). The highest BCUT2D eigenvalue weighted by Crippen LogP contribution is 2.26. The third kappa shape index (κ3) is 4.92. The van der Waals surface area contributed by atoms with Gasteiger partial charge in [0, 0.05) is 39.8 Å². The number of thiazole rings is 1.